The molecule has 2 N–H and O–H groups in total. The molecule has 3 nitrogen and oxygen atoms in total. The average molecular weight is 280 g/mol. The predicted molar refractivity (Wildman–Crippen MR) is 75.7 cm³/mol. The van der Waals surface area contributed by atoms with Gasteiger partial charge in [0.2, 0.25) is 0 Å². The van der Waals surface area contributed by atoms with Crippen LogP contribution in [0.25, 0.3) is 0 Å². The van der Waals surface area contributed by atoms with Gasteiger partial charge in [0.05, 0.1) is 11.4 Å². The molecule has 0 amide bonds. The summed E-state index contributed by atoms with van der Waals surface area (Å²) < 4.78 is 0. The minimum atomic E-state index is 0.448. The maximum atomic E-state index is 5.93. The summed E-state index contributed by atoms with van der Waals surface area (Å²) in [6.45, 7) is 2.42. The summed E-state index contributed by atoms with van der Waals surface area (Å²) in [6, 6.07) is 7.76. The first-order valence-electron chi connectivity index (χ1n) is 5.59. The molecule has 1 aromatic carbocycles. The highest BCUT2D eigenvalue weighted by atomic mass is 35.5. The first-order valence-corrected chi connectivity index (χ1v) is 6.95. The van der Waals surface area contributed by atoms with E-state index in [1.807, 2.05) is 37.4 Å². The highest BCUT2D eigenvalue weighted by molar-refractivity contribution is 7.98. The number of nitrogens with zero attached hydrogens (tertiary/aromatic N) is 2. The Morgan fingerprint density at radius 2 is 2.22 bits per heavy atom. The van der Waals surface area contributed by atoms with E-state index in [1.165, 1.54) is 0 Å². The van der Waals surface area contributed by atoms with E-state index in [1.54, 1.807) is 11.8 Å². The maximum absolute atomic E-state index is 5.93. The van der Waals surface area contributed by atoms with Crippen LogP contribution in [0.1, 0.15) is 17.1 Å². The van der Waals surface area contributed by atoms with Crippen molar-refractivity contribution < 1.29 is 0 Å². The van der Waals surface area contributed by atoms with Crippen LogP contribution in [0.2, 0.25) is 5.02 Å². The van der Waals surface area contributed by atoms with E-state index in [0.29, 0.717) is 12.3 Å². The van der Waals surface area contributed by atoms with E-state index in [-0.39, 0.29) is 0 Å². The van der Waals surface area contributed by atoms with Crippen LogP contribution in [0.5, 0.6) is 0 Å². The highest BCUT2D eigenvalue weighted by Crippen LogP contribution is 2.24. The SMILES string of the molecule is Cc1cnc(CSc2cccc(Cl)c2)nc1CN. The van der Waals surface area contributed by atoms with Gasteiger partial charge in [0.1, 0.15) is 5.82 Å². The van der Waals surface area contributed by atoms with Crippen LogP contribution < -0.4 is 5.73 Å². The Bertz CT molecular complexity index is 546. The Hall–Kier alpha value is -1.10. The third kappa shape index (κ3) is 3.45. The van der Waals surface area contributed by atoms with E-state index in [9.17, 15) is 0 Å². The number of hydrogen-bond donors (Lipinski definition) is 1. The van der Waals surface area contributed by atoms with E-state index < -0.39 is 0 Å². The monoisotopic (exact) mass is 279 g/mol. The molecule has 0 saturated heterocycles. The smallest absolute Gasteiger partial charge is 0.138 e. The van der Waals surface area contributed by atoms with Crippen molar-refractivity contribution in [3.8, 4) is 0 Å². The molecular formula is C13H14ClN3S. The normalized spacial score (nSPS) is 10.6. The first kappa shape index (κ1) is 13.3. The van der Waals surface area contributed by atoms with Gasteiger partial charge in [-0.25, -0.2) is 9.97 Å². The van der Waals surface area contributed by atoms with E-state index >= 15 is 0 Å². The minimum absolute atomic E-state index is 0.448. The van der Waals surface area contributed by atoms with Crippen molar-refractivity contribution in [3.05, 3.63) is 52.6 Å². The fourth-order valence-electron chi connectivity index (χ4n) is 1.50. The Kier molecular flexibility index (Phi) is 4.58. The largest absolute Gasteiger partial charge is 0.325 e. The zero-order valence-corrected chi connectivity index (χ0v) is 11.6. The summed E-state index contributed by atoms with van der Waals surface area (Å²) >= 11 is 7.60. The number of halogens is 1. The number of benzene rings is 1. The van der Waals surface area contributed by atoms with E-state index in [2.05, 4.69) is 9.97 Å². The number of aromatic nitrogens is 2. The van der Waals surface area contributed by atoms with Gasteiger partial charge in [0.15, 0.2) is 0 Å². The van der Waals surface area contributed by atoms with E-state index in [0.717, 1.165) is 27.0 Å². The molecule has 0 bridgehead atoms. The zero-order chi connectivity index (χ0) is 13.0. The second kappa shape index (κ2) is 6.18. The molecule has 2 aromatic rings. The highest BCUT2D eigenvalue weighted by Gasteiger charge is 2.03. The molecule has 0 unspecified atom stereocenters. The molecule has 0 aliphatic heterocycles. The van der Waals surface area contributed by atoms with Gasteiger partial charge in [-0.2, -0.15) is 0 Å². The van der Waals surface area contributed by atoms with Crippen molar-refractivity contribution in [3.63, 3.8) is 0 Å². The lowest BCUT2D eigenvalue weighted by molar-refractivity contribution is 0.898. The molecule has 1 heterocycles. The Balaban J connectivity index is 2.06. The fourth-order valence-corrected chi connectivity index (χ4v) is 2.57. The van der Waals surface area contributed by atoms with Gasteiger partial charge in [-0.15, -0.1) is 11.8 Å². The van der Waals surface area contributed by atoms with Gasteiger partial charge in [0, 0.05) is 22.7 Å². The molecular weight excluding hydrogens is 266 g/mol. The molecule has 2 rings (SSSR count). The lowest BCUT2D eigenvalue weighted by Crippen LogP contribution is -2.06. The number of hydrogen-bond acceptors (Lipinski definition) is 4. The van der Waals surface area contributed by atoms with Crippen LogP contribution in [-0.4, -0.2) is 9.97 Å². The van der Waals surface area contributed by atoms with Gasteiger partial charge >= 0.3 is 0 Å². The van der Waals surface area contributed by atoms with Gasteiger partial charge in [0.25, 0.3) is 0 Å². The molecule has 1 aromatic heterocycles. The number of aryl methyl sites for hydroxylation is 1. The van der Waals surface area contributed by atoms with Crippen LogP contribution >= 0.6 is 23.4 Å². The molecule has 0 radical (unpaired) electrons. The van der Waals surface area contributed by atoms with Crippen LogP contribution in [0.4, 0.5) is 0 Å². The quantitative estimate of drug-likeness (QED) is 0.874. The molecule has 0 fully saturated rings. The Morgan fingerprint density at radius 3 is 2.94 bits per heavy atom. The van der Waals surface area contributed by atoms with Crippen LogP contribution in [0.3, 0.4) is 0 Å². The molecule has 0 spiro atoms. The summed E-state index contributed by atoms with van der Waals surface area (Å²) in [6.07, 6.45) is 1.82. The molecule has 0 aliphatic rings. The molecule has 0 aliphatic carbocycles. The summed E-state index contributed by atoms with van der Waals surface area (Å²) in [5.74, 6) is 1.51. The van der Waals surface area contributed by atoms with Crippen molar-refractivity contribution in [2.24, 2.45) is 5.73 Å². The van der Waals surface area contributed by atoms with Crippen molar-refractivity contribution in [1.29, 1.82) is 0 Å². The van der Waals surface area contributed by atoms with Crippen molar-refractivity contribution in [1.82, 2.24) is 9.97 Å². The minimum Gasteiger partial charge on any atom is -0.325 e. The summed E-state index contributed by atoms with van der Waals surface area (Å²) in [7, 11) is 0. The standard InChI is InChI=1S/C13H14ClN3S/c1-9-7-16-13(17-12(9)6-15)8-18-11-4-2-3-10(14)5-11/h2-5,7H,6,8,15H2,1H3. The van der Waals surface area contributed by atoms with Gasteiger partial charge in [-0.3, -0.25) is 0 Å². The van der Waals surface area contributed by atoms with Crippen LogP contribution in [0, 0.1) is 6.92 Å². The summed E-state index contributed by atoms with van der Waals surface area (Å²) in [5.41, 5.74) is 7.58. The van der Waals surface area contributed by atoms with E-state index in [4.69, 9.17) is 17.3 Å². The Morgan fingerprint density at radius 1 is 1.39 bits per heavy atom. The van der Waals surface area contributed by atoms with Gasteiger partial charge in [-0.05, 0) is 30.7 Å². The van der Waals surface area contributed by atoms with Crippen molar-refractivity contribution in [2.75, 3.05) is 0 Å². The molecule has 94 valence electrons. The lowest BCUT2D eigenvalue weighted by Gasteiger charge is -2.05. The van der Waals surface area contributed by atoms with Crippen molar-refractivity contribution >= 4 is 23.4 Å². The number of thioether (sulfide) groups is 1. The molecule has 5 heteroatoms. The second-order valence-corrected chi connectivity index (χ2v) is 5.35. The third-order valence-electron chi connectivity index (χ3n) is 2.48. The predicted octanol–water partition coefficient (Wildman–Crippen LogP) is 3.19. The summed E-state index contributed by atoms with van der Waals surface area (Å²) in [5, 5.41) is 0.743. The molecule has 0 atom stereocenters. The van der Waals surface area contributed by atoms with Gasteiger partial charge in [-0.1, -0.05) is 17.7 Å². The number of rotatable bonds is 4. The topological polar surface area (TPSA) is 51.8 Å². The van der Waals surface area contributed by atoms with Crippen LogP contribution in [-0.2, 0) is 12.3 Å². The summed E-state index contributed by atoms with van der Waals surface area (Å²) in [4.78, 5) is 9.85. The average Bonchev–Trinajstić information content (AvgIpc) is 2.38. The van der Waals surface area contributed by atoms with Crippen LogP contribution in [0.15, 0.2) is 35.4 Å². The molecule has 0 saturated carbocycles. The Labute approximate surface area is 116 Å². The number of nitrogens with two attached hydrogens (primary N) is 1. The van der Waals surface area contributed by atoms with Gasteiger partial charge < -0.3 is 5.73 Å². The molecule has 18 heavy (non-hydrogen) atoms. The van der Waals surface area contributed by atoms with Crippen molar-refractivity contribution in [2.45, 2.75) is 24.1 Å². The zero-order valence-electron chi connectivity index (χ0n) is 10.1. The second-order valence-electron chi connectivity index (χ2n) is 3.87. The first-order chi connectivity index (χ1) is 8.69. The lowest BCUT2D eigenvalue weighted by atomic mass is 10.2. The fraction of sp³-hybridized carbons (Fsp3) is 0.231. The third-order valence-corrected chi connectivity index (χ3v) is 3.71. The maximum Gasteiger partial charge on any atom is 0.138 e.